The molecule has 16 nitrogen and oxygen atoms in total. The van der Waals surface area contributed by atoms with Crippen LogP contribution in [0.4, 0.5) is 0 Å². The summed E-state index contributed by atoms with van der Waals surface area (Å²) < 4.78 is 11.9. The average molecular weight is 637 g/mol. The van der Waals surface area contributed by atoms with E-state index in [4.69, 9.17) is 9.47 Å². The standard InChI is InChI=1S/C24H42N4O12.C4H10/c1-14(2)8-17-19(30)26(7-5-25-17)11-18(29)27-6-4-20(9-15(27)3)39-12-16(13-40-20)10-28-23(35,36)21(31,32)22(33,34)24(28,37)38;1-4(2)3/h14-17,25,31-38H,4-13H2,1-3H3;4H,1-3H3. The van der Waals surface area contributed by atoms with Crippen LogP contribution in [0.1, 0.15) is 60.8 Å². The van der Waals surface area contributed by atoms with Crippen LogP contribution in [0, 0.1) is 17.8 Å². The van der Waals surface area contributed by atoms with Gasteiger partial charge in [0.1, 0.15) is 0 Å². The van der Waals surface area contributed by atoms with Crippen LogP contribution in [0.3, 0.4) is 0 Å². The van der Waals surface area contributed by atoms with Gasteiger partial charge in [-0.15, -0.1) is 0 Å². The number of rotatable bonds is 6. The third-order valence-corrected chi connectivity index (χ3v) is 8.39. The fourth-order valence-electron chi connectivity index (χ4n) is 5.97. The molecule has 2 unspecified atom stereocenters. The predicted octanol–water partition coefficient (Wildman–Crippen LogP) is -3.18. The van der Waals surface area contributed by atoms with Crippen molar-refractivity contribution in [3.05, 3.63) is 0 Å². The molecule has 4 heterocycles. The fraction of sp³-hybridized carbons (Fsp3) is 0.929. The molecule has 4 rings (SSSR count). The van der Waals surface area contributed by atoms with E-state index in [-0.39, 0.29) is 48.6 Å². The summed E-state index contributed by atoms with van der Waals surface area (Å²) in [5, 5.41) is 83.0. The molecule has 0 aromatic rings. The van der Waals surface area contributed by atoms with Gasteiger partial charge in [0.05, 0.1) is 25.8 Å². The topological polar surface area (TPSA) is 236 Å². The van der Waals surface area contributed by atoms with Gasteiger partial charge in [0.2, 0.25) is 11.8 Å². The molecule has 0 saturated carbocycles. The summed E-state index contributed by atoms with van der Waals surface area (Å²) in [5.41, 5.74) is 0. The minimum Gasteiger partial charge on any atom is -0.356 e. The second-order valence-corrected chi connectivity index (χ2v) is 13.6. The maximum absolute atomic E-state index is 13.1. The first-order chi connectivity index (χ1) is 20.1. The number of hydrogen-bond acceptors (Lipinski definition) is 14. The summed E-state index contributed by atoms with van der Waals surface area (Å²) >= 11 is 0. The summed E-state index contributed by atoms with van der Waals surface area (Å²) in [6.07, 6.45) is 1.31. The Labute approximate surface area is 257 Å². The highest BCUT2D eigenvalue weighted by Gasteiger charge is 2.83. The smallest absolute Gasteiger partial charge is 0.297 e. The maximum Gasteiger partial charge on any atom is 0.297 e. The number of aliphatic hydroxyl groups is 8. The van der Waals surface area contributed by atoms with Crippen molar-refractivity contribution >= 4 is 11.8 Å². The molecular weight excluding hydrogens is 584 g/mol. The second kappa shape index (κ2) is 13.3. The molecule has 256 valence electrons. The minimum absolute atomic E-state index is 0.0192. The van der Waals surface area contributed by atoms with E-state index < -0.39 is 41.6 Å². The Hall–Kier alpha value is -1.54. The normalized spacial score (nSPS) is 33.1. The number of likely N-dealkylation sites (tertiary alicyclic amines) is 2. The Morgan fingerprint density at radius 1 is 0.932 bits per heavy atom. The number of nitrogens with one attached hydrogen (secondary N) is 1. The molecule has 4 saturated heterocycles. The number of hydrogen-bond donors (Lipinski definition) is 9. The molecule has 0 aromatic heterocycles. The molecule has 16 heteroatoms. The van der Waals surface area contributed by atoms with E-state index in [2.05, 4.69) is 26.1 Å². The van der Waals surface area contributed by atoms with Gasteiger partial charge < -0.3 is 65.4 Å². The number of nitrogens with zero attached hydrogens (tertiary/aromatic N) is 3. The zero-order valence-corrected chi connectivity index (χ0v) is 26.5. The summed E-state index contributed by atoms with van der Waals surface area (Å²) in [5.74, 6) is -16.9. The molecule has 4 aliphatic heterocycles. The zero-order valence-electron chi connectivity index (χ0n) is 26.5. The number of piperazine rings is 1. The largest absolute Gasteiger partial charge is 0.356 e. The highest BCUT2D eigenvalue weighted by atomic mass is 16.7. The van der Waals surface area contributed by atoms with E-state index >= 15 is 0 Å². The van der Waals surface area contributed by atoms with E-state index in [9.17, 15) is 50.4 Å². The van der Waals surface area contributed by atoms with Gasteiger partial charge in [-0.2, -0.15) is 4.90 Å². The summed E-state index contributed by atoms with van der Waals surface area (Å²) in [6.45, 7) is 12.9. The lowest BCUT2D eigenvalue weighted by atomic mass is 9.94. The van der Waals surface area contributed by atoms with Gasteiger partial charge in [-0.1, -0.05) is 34.6 Å². The van der Waals surface area contributed by atoms with Gasteiger partial charge in [0, 0.05) is 51.0 Å². The molecule has 4 fully saturated rings. The third-order valence-electron chi connectivity index (χ3n) is 8.39. The molecule has 2 amide bonds. The Morgan fingerprint density at radius 2 is 1.45 bits per heavy atom. The van der Waals surface area contributed by atoms with Gasteiger partial charge in [-0.05, 0) is 25.2 Å². The van der Waals surface area contributed by atoms with Crippen LogP contribution in [0.25, 0.3) is 0 Å². The summed E-state index contributed by atoms with van der Waals surface area (Å²) in [4.78, 5) is 29.2. The van der Waals surface area contributed by atoms with Crippen molar-refractivity contribution in [2.75, 3.05) is 45.9 Å². The van der Waals surface area contributed by atoms with E-state index in [0.717, 1.165) is 5.92 Å². The quantitative estimate of drug-likeness (QED) is 0.131. The van der Waals surface area contributed by atoms with Crippen LogP contribution >= 0.6 is 0 Å². The summed E-state index contributed by atoms with van der Waals surface area (Å²) in [6, 6.07) is -0.596. The lowest BCUT2D eigenvalue weighted by Crippen LogP contribution is -2.66. The molecule has 9 N–H and O–H groups in total. The van der Waals surface area contributed by atoms with Crippen LogP contribution in [-0.4, -0.2) is 155 Å². The Balaban J connectivity index is 0.00000124. The van der Waals surface area contributed by atoms with Crippen LogP contribution in [0.5, 0.6) is 0 Å². The van der Waals surface area contributed by atoms with Gasteiger partial charge in [0.25, 0.3) is 23.4 Å². The van der Waals surface area contributed by atoms with Crippen LogP contribution in [-0.2, 0) is 19.1 Å². The molecule has 4 aliphatic rings. The van der Waals surface area contributed by atoms with E-state index in [1.54, 1.807) is 9.80 Å². The second-order valence-electron chi connectivity index (χ2n) is 13.6. The molecule has 44 heavy (non-hydrogen) atoms. The molecule has 0 bridgehead atoms. The first kappa shape index (κ1) is 36.9. The Kier molecular flexibility index (Phi) is 11.2. The van der Waals surface area contributed by atoms with Crippen molar-refractivity contribution in [3.63, 3.8) is 0 Å². The monoisotopic (exact) mass is 636 g/mol. The van der Waals surface area contributed by atoms with Crippen LogP contribution < -0.4 is 5.32 Å². The molecule has 2 atom stereocenters. The van der Waals surface area contributed by atoms with E-state index in [0.29, 0.717) is 44.8 Å². The lowest BCUT2D eigenvalue weighted by molar-refractivity contribution is -0.452. The average Bonchev–Trinajstić information content (AvgIpc) is 2.95. The molecule has 0 aliphatic carbocycles. The van der Waals surface area contributed by atoms with Crippen molar-refractivity contribution in [3.8, 4) is 0 Å². The van der Waals surface area contributed by atoms with Gasteiger partial charge >= 0.3 is 0 Å². The molecule has 1 spiro atoms. The predicted molar refractivity (Wildman–Crippen MR) is 152 cm³/mol. The van der Waals surface area contributed by atoms with Crippen molar-refractivity contribution in [2.24, 2.45) is 17.8 Å². The molecular formula is C28H52N4O12. The number of ether oxygens (including phenoxy) is 2. The highest BCUT2D eigenvalue weighted by molar-refractivity contribution is 5.88. The van der Waals surface area contributed by atoms with Crippen molar-refractivity contribution < 1.29 is 59.9 Å². The van der Waals surface area contributed by atoms with Crippen molar-refractivity contribution in [1.82, 2.24) is 20.0 Å². The molecule has 0 aromatic carbocycles. The highest BCUT2D eigenvalue weighted by Crippen LogP contribution is 2.48. The number of carbonyl (C=O) groups excluding carboxylic acids is 2. The van der Waals surface area contributed by atoms with Gasteiger partial charge in [0.15, 0.2) is 5.79 Å². The first-order valence-corrected chi connectivity index (χ1v) is 15.3. The first-order valence-electron chi connectivity index (χ1n) is 15.3. The van der Waals surface area contributed by atoms with Crippen LogP contribution in [0.15, 0.2) is 0 Å². The number of carbonyl (C=O) groups is 2. The van der Waals surface area contributed by atoms with Crippen LogP contribution in [0.2, 0.25) is 0 Å². The lowest BCUT2D eigenvalue weighted by Gasteiger charge is -2.49. The van der Waals surface area contributed by atoms with Gasteiger partial charge in [-0.25, -0.2) is 0 Å². The fourth-order valence-corrected chi connectivity index (χ4v) is 5.97. The SMILES string of the molecule is CC(C)C.CC(C)CC1NCCN(CC(=O)N2CCC3(CC2C)OCC(CN2C(O)(O)C(O)(O)C(O)(O)C2(O)O)CO3)C1=O. The van der Waals surface area contributed by atoms with E-state index in [1.165, 1.54) is 0 Å². The zero-order chi connectivity index (χ0) is 33.5. The van der Waals surface area contributed by atoms with E-state index in [1.807, 2.05) is 20.8 Å². The third kappa shape index (κ3) is 7.06. The van der Waals surface area contributed by atoms with Gasteiger partial charge in [-0.3, -0.25) is 9.59 Å². The van der Waals surface area contributed by atoms with Crippen molar-refractivity contribution in [1.29, 1.82) is 0 Å². The van der Waals surface area contributed by atoms with Crippen molar-refractivity contribution in [2.45, 2.75) is 102 Å². The number of amides is 2. The number of piperidine rings is 1. The summed E-state index contributed by atoms with van der Waals surface area (Å²) in [7, 11) is 0. The maximum atomic E-state index is 13.1. The minimum atomic E-state index is -4.14. The Morgan fingerprint density at radius 3 is 1.93 bits per heavy atom. The molecule has 0 radical (unpaired) electrons. The Bertz CT molecular complexity index is 984.